The molecule has 102 valence electrons. The van der Waals surface area contributed by atoms with Gasteiger partial charge >= 0.3 is 0 Å². The molecule has 0 spiro atoms. The first-order chi connectivity index (χ1) is 8.52. The Bertz CT molecular complexity index is 337. The van der Waals surface area contributed by atoms with Crippen LogP contribution >= 0.6 is 0 Å². The first-order valence-corrected chi connectivity index (χ1v) is 6.87. The fraction of sp³-hybridized carbons (Fsp3) is 0.667. The van der Waals surface area contributed by atoms with Gasteiger partial charge in [0.1, 0.15) is 5.82 Å². The molecule has 0 atom stereocenters. The zero-order chi connectivity index (χ0) is 13.5. The molecule has 0 fully saturated rings. The Balaban J connectivity index is 2.85. The fourth-order valence-electron chi connectivity index (χ4n) is 2.09. The summed E-state index contributed by atoms with van der Waals surface area (Å²) in [5.74, 6) is 2.40. The van der Waals surface area contributed by atoms with Crippen molar-refractivity contribution in [2.24, 2.45) is 11.8 Å². The number of nitrogens with zero attached hydrogens (tertiary/aromatic N) is 2. The summed E-state index contributed by atoms with van der Waals surface area (Å²) in [6.07, 6.45) is 1.91. The van der Waals surface area contributed by atoms with Crippen molar-refractivity contribution in [1.82, 2.24) is 10.3 Å². The smallest absolute Gasteiger partial charge is 0.128 e. The van der Waals surface area contributed by atoms with Gasteiger partial charge in [-0.1, -0.05) is 27.7 Å². The largest absolute Gasteiger partial charge is 0.356 e. The van der Waals surface area contributed by atoms with Crippen LogP contribution in [0, 0.1) is 11.8 Å². The Kier molecular flexibility index (Phi) is 6.13. The third-order valence-corrected chi connectivity index (χ3v) is 2.69. The van der Waals surface area contributed by atoms with E-state index in [1.54, 1.807) is 0 Å². The van der Waals surface area contributed by atoms with Gasteiger partial charge in [0.15, 0.2) is 0 Å². The third kappa shape index (κ3) is 5.05. The highest BCUT2D eigenvalue weighted by Gasteiger charge is 2.12. The van der Waals surface area contributed by atoms with E-state index >= 15 is 0 Å². The summed E-state index contributed by atoms with van der Waals surface area (Å²) in [5, 5.41) is 3.19. The minimum atomic E-state index is 0.651. The normalized spacial score (nSPS) is 11.3. The first-order valence-electron chi connectivity index (χ1n) is 6.87. The standard InChI is InChI=1S/C15H27N3/c1-12(2)10-18(11-13(3)4)15-8-14(9-16-5)6-7-17-15/h6-8,12-13,16H,9-11H2,1-5H3. The molecule has 1 rings (SSSR count). The van der Waals surface area contributed by atoms with E-state index in [9.17, 15) is 0 Å². The van der Waals surface area contributed by atoms with E-state index in [-0.39, 0.29) is 0 Å². The highest BCUT2D eigenvalue weighted by molar-refractivity contribution is 5.41. The SMILES string of the molecule is CNCc1ccnc(N(CC(C)C)CC(C)C)c1. The van der Waals surface area contributed by atoms with Gasteiger partial charge in [0.05, 0.1) is 0 Å². The fourth-order valence-corrected chi connectivity index (χ4v) is 2.09. The molecule has 0 amide bonds. The summed E-state index contributed by atoms with van der Waals surface area (Å²) in [7, 11) is 1.97. The number of hydrogen-bond acceptors (Lipinski definition) is 3. The quantitative estimate of drug-likeness (QED) is 0.805. The van der Waals surface area contributed by atoms with E-state index in [0.29, 0.717) is 11.8 Å². The molecule has 0 radical (unpaired) electrons. The predicted molar refractivity (Wildman–Crippen MR) is 78.9 cm³/mol. The minimum absolute atomic E-state index is 0.651. The lowest BCUT2D eigenvalue weighted by Crippen LogP contribution is -2.32. The van der Waals surface area contributed by atoms with E-state index in [1.807, 2.05) is 13.2 Å². The van der Waals surface area contributed by atoms with Crippen molar-refractivity contribution in [2.75, 3.05) is 25.0 Å². The topological polar surface area (TPSA) is 28.2 Å². The highest BCUT2D eigenvalue weighted by Crippen LogP contribution is 2.16. The number of anilines is 1. The lowest BCUT2D eigenvalue weighted by atomic mass is 10.1. The van der Waals surface area contributed by atoms with Crippen molar-refractivity contribution in [3.05, 3.63) is 23.9 Å². The van der Waals surface area contributed by atoms with Gasteiger partial charge in [-0.25, -0.2) is 4.98 Å². The lowest BCUT2D eigenvalue weighted by Gasteiger charge is -2.27. The number of nitrogens with one attached hydrogen (secondary N) is 1. The van der Waals surface area contributed by atoms with Crippen LogP contribution in [0.4, 0.5) is 5.82 Å². The van der Waals surface area contributed by atoms with Crippen LogP contribution in [0.5, 0.6) is 0 Å². The molecule has 0 bridgehead atoms. The van der Waals surface area contributed by atoms with Crippen LogP contribution in [-0.2, 0) is 6.54 Å². The van der Waals surface area contributed by atoms with Crippen LogP contribution in [0.15, 0.2) is 18.3 Å². The minimum Gasteiger partial charge on any atom is -0.356 e. The first kappa shape index (κ1) is 15.0. The molecule has 1 N–H and O–H groups in total. The number of hydrogen-bond donors (Lipinski definition) is 1. The van der Waals surface area contributed by atoms with E-state index < -0.39 is 0 Å². The third-order valence-electron chi connectivity index (χ3n) is 2.69. The molecule has 3 heteroatoms. The van der Waals surface area contributed by atoms with Gasteiger partial charge in [0.25, 0.3) is 0 Å². The molecule has 0 saturated carbocycles. The van der Waals surface area contributed by atoms with E-state index in [1.165, 1.54) is 5.56 Å². The molecular formula is C15H27N3. The molecule has 1 heterocycles. The Morgan fingerprint density at radius 3 is 2.28 bits per heavy atom. The number of aromatic nitrogens is 1. The molecule has 18 heavy (non-hydrogen) atoms. The van der Waals surface area contributed by atoms with Gasteiger partial charge in [0.2, 0.25) is 0 Å². The number of pyridine rings is 1. The summed E-state index contributed by atoms with van der Waals surface area (Å²) < 4.78 is 0. The molecule has 0 saturated heterocycles. The van der Waals surface area contributed by atoms with Crippen molar-refractivity contribution in [3.63, 3.8) is 0 Å². The summed E-state index contributed by atoms with van der Waals surface area (Å²) in [4.78, 5) is 6.92. The van der Waals surface area contributed by atoms with Gasteiger partial charge in [-0.05, 0) is 36.6 Å². The van der Waals surface area contributed by atoms with E-state index in [2.05, 4.69) is 55.0 Å². The average molecular weight is 249 g/mol. The second kappa shape index (κ2) is 7.37. The zero-order valence-corrected chi connectivity index (χ0v) is 12.4. The van der Waals surface area contributed by atoms with Crippen molar-refractivity contribution in [1.29, 1.82) is 0 Å². The van der Waals surface area contributed by atoms with Crippen LogP contribution in [0.2, 0.25) is 0 Å². The van der Waals surface area contributed by atoms with Crippen LogP contribution < -0.4 is 10.2 Å². The monoisotopic (exact) mass is 249 g/mol. The van der Waals surface area contributed by atoms with Crippen LogP contribution in [0.25, 0.3) is 0 Å². The summed E-state index contributed by atoms with van der Waals surface area (Å²) in [6, 6.07) is 4.27. The van der Waals surface area contributed by atoms with Gasteiger partial charge < -0.3 is 10.2 Å². The predicted octanol–water partition coefficient (Wildman–Crippen LogP) is 2.92. The van der Waals surface area contributed by atoms with Crippen LogP contribution in [0.3, 0.4) is 0 Å². The Morgan fingerprint density at radius 1 is 1.17 bits per heavy atom. The average Bonchev–Trinajstić information content (AvgIpc) is 2.28. The van der Waals surface area contributed by atoms with Crippen molar-refractivity contribution in [2.45, 2.75) is 34.2 Å². The van der Waals surface area contributed by atoms with Crippen molar-refractivity contribution < 1.29 is 0 Å². The lowest BCUT2D eigenvalue weighted by molar-refractivity contribution is 0.548. The van der Waals surface area contributed by atoms with Gasteiger partial charge in [-0.3, -0.25) is 0 Å². The zero-order valence-electron chi connectivity index (χ0n) is 12.4. The molecular weight excluding hydrogens is 222 g/mol. The van der Waals surface area contributed by atoms with Crippen LogP contribution in [0.1, 0.15) is 33.3 Å². The maximum absolute atomic E-state index is 4.53. The van der Waals surface area contributed by atoms with Gasteiger partial charge in [-0.15, -0.1) is 0 Å². The van der Waals surface area contributed by atoms with Crippen molar-refractivity contribution in [3.8, 4) is 0 Å². The molecule has 0 unspecified atom stereocenters. The summed E-state index contributed by atoms with van der Waals surface area (Å²) in [5.41, 5.74) is 1.29. The number of rotatable bonds is 7. The molecule has 0 aliphatic rings. The Hall–Kier alpha value is -1.09. The maximum Gasteiger partial charge on any atom is 0.128 e. The molecule has 1 aromatic heterocycles. The maximum atomic E-state index is 4.53. The van der Waals surface area contributed by atoms with E-state index in [4.69, 9.17) is 0 Å². The molecule has 0 aliphatic carbocycles. The van der Waals surface area contributed by atoms with Crippen LogP contribution in [-0.4, -0.2) is 25.1 Å². The molecule has 1 aromatic rings. The van der Waals surface area contributed by atoms with Gasteiger partial charge in [-0.2, -0.15) is 0 Å². The van der Waals surface area contributed by atoms with Crippen molar-refractivity contribution >= 4 is 5.82 Å². The highest BCUT2D eigenvalue weighted by atomic mass is 15.2. The molecule has 0 aliphatic heterocycles. The second-order valence-electron chi connectivity index (χ2n) is 5.75. The van der Waals surface area contributed by atoms with E-state index in [0.717, 1.165) is 25.5 Å². The second-order valence-corrected chi connectivity index (χ2v) is 5.75. The molecule has 3 nitrogen and oxygen atoms in total. The molecule has 0 aromatic carbocycles. The summed E-state index contributed by atoms with van der Waals surface area (Å²) in [6.45, 7) is 12.0. The van der Waals surface area contributed by atoms with Gasteiger partial charge in [0, 0.05) is 25.8 Å². The Labute approximate surface area is 112 Å². The summed E-state index contributed by atoms with van der Waals surface area (Å²) >= 11 is 0. The Morgan fingerprint density at radius 2 is 1.78 bits per heavy atom.